The number of carbonyl (C=O) groups is 1. The minimum absolute atomic E-state index is 0.0530. The highest BCUT2D eigenvalue weighted by Gasteiger charge is 2.21. The fourth-order valence-electron chi connectivity index (χ4n) is 2.41. The summed E-state index contributed by atoms with van der Waals surface area (Å²) >= 11 is 0. The fraction of sp³-hybridized carbons (Fsp3) is 0.600. The van der Waals surface area contributed by atoms with Crippen molar-refractivity contribution < 1.29 is 14.3 Å². The second-order valence-electron chi connectivity index (χ2n) is 5.08. The monoisotopic (exact) mass is 293 g/mol. The number of ether oxygens (including phenoxy) is 2. The fourth-order valence-corrected chi connectivity index (χ4v) is 2.41. The summed E-state index contributed by atoms with van der Waals surface area (Å²) in [5, 5.41) is 0. The molecule has 0 radical (unpaired) electrons. The van der Waals surface area contributed by atoms with Crippen molar-refractivity contribution in [3.63, 3.8) is 0 Å². The summed E-state index contributed by atoms with van der Waals surface area (Å²) in [6.45, 7) is 6.31. The molecule has 1 aliphatic heterocycles. The number of carbonyl (C=O) groups excluding carboxylic acids is 1. The maximum atomic E-state index is 12.0. The minimum Gasteiger partial charge on any atom is -0.382 e. The number of hydrogen-bond acceptors (Lipinski definition) is 5. The van der Waals surface area contributed by atoms with Gasteiger partial charge in [-0.3, -0.25) is 9.78 Å². The highest BCUT2D eigenvalue weighted by Crippen LogP contribution is 2.19. The number of nitrogens with zero attached hydrogens (tertiary/aromatic N) is 3. The zero-order chi connectivity index (χ0) is 15.1. The summed E-state index contributed by atoms with van der Waals surface area (Å²) in [7, 11) is 1.62. The van der Waals surface area contributed by atoms with E-state index in [1.54, 1.807) is 7.11 Å². The maximum absolute atomic E-state index is 12.0. The smallest absolute Gasteiger partial charge is 0.248 e. The molecule has 0 aliphatic carbocycles. The summed E-state index contributed by atoms with van der Waals surface area (Å²) in [6.07, 6.45) is 3.68. The van der Waals surface area contributed by atoms with Gasteiger partial charge in [-0.05, 0) is 18.6 Å². The molecule has 0 aromatic carbocycles. The van der Waals surface area contributed by atoms with Gasteiger partial charge in [0.25, 0.3) is 0 Å². The summed E-state index contributed by atoms with van der Waals surface area (Å²) < 4.78 is 10.2. The van der Waals surface area contributed by atoms with Gasteiger partial charge < -0.3 is 19.3 Å². The van der Waals surface area contributed by atoms with Crippen LogP contribution in [0.15, 0.2) is 18.5 Å². The van der Waals surface area contributed by atoms with Gasteiger partial charge in [-0.15, -0.1) is 0 Å². The van der Waals surface area contributed by atoms with E-state index in [9.17, 15) is 4.79 Å². The molecule has 1 aliphatic rings. The Morgan fingerprint density at radius 3 is 2.71 bits per heavy atom. The van der Waals surface area contributed by atoms with Crippen molar-refractivity contribution in [3.05, 3.63) is 24.0 Å². The molecular weight excluding hydrogens is 270 g/mol. The standard InChI is InChI=1S/C15H23N3O3/c1-13-11-16-4-3-14(13)17-5-7-18(8-6-17)15(19)12-21-10-9-20-2/h3-4,11H,5-10,12H2,1-2H3. The number of piperazine rings is 1. The Kier molecular flexibility index (Phi) is 5.95. The Bertz CT molecular complexity index is 459. The van der Waals surface area contributed by atoms with Crippen molar-refractivity contribution in [1.29, 1.82) is 0 Å². The van der Waals surface area contributed by atoms with Crippen molar-refractivity contribution in [1.82, 2.24) is 9.88 Å². The number of aromatic nitrogens is 1. The molecular formula is C15H23N3O3. The zero-order valence-corrected chi connectivity index (χ0v) is 12.7. The molecule has 0 saturated carbocycles. The first-order valence-corrected chi connectivity index (χ1v) is 7.22. The van der Waals surface area contributed by atoms with Crippen LogP contribution in [0.5, 0.6) is 0 Å². The highest BCUT2D eigenvalue weighted by molar-refractivity contribution is 5.77. The van der Waals surface area contributed by atoms with Gasteiger partial charge in [-0.1, -0.05) is 0 Å². The Balaban J connectivity index is 1.78. The van der Waals surface area contributed by atoms with E-state index < -0.39 is 0 Å². The van der Waals surface area contributed by atoms with Gasteiger partial charge in [0.1, 0.15) is 6.61 Å². The van der Waals surface area contributed by atoms with Crippen LogP contribution in [0.25, 0.3) is 0 Å². The van der Waals surface area contributed by atoms with Gasteiger partial charge in [-0.25, -0.2) is 0 Å². The first-order chi connectivity index (χ1) is 10.2. The molecule has 1 aromatic heterocycles. The average molecular weight is 293 g/mol. The molecule has 2 rings (SSSR count). The SMILES string of the molecule is COCCOCC(=O)N1CCN(c2ccncc2C)CC1. The zero-order valence-electron chi connectivity index (χ0n) is 12.7. The van der Waals surface area contributed by atoms with Gasteiger partial charge in [0.2, 0.25) is 5.91 Å². The predicted octanol–water partition coefficient (Wildman–Crippen LogP) is 0.702. The largest absolute Gasteiger partial charge is 0.382 e. The number of aryl methyl sites for hydroxylation is 1. The summed E-state index contributed by atoms with van der Waals surface area (Å²) in [4.78, 5) is 20.3. The second kappa shape index (κ2) is 7.95. The van der Waals surface area contributed by atoms with Crippen LogP contribution in [0.4, 0.5) is 5.69 Å². The van der Waals surface area contributed by atoms with E-state index in [0.717, 1.165) is 26.2 Å². The normalized spacial score (nSPS) is 15.3. The van der Waals surface area contributed by atoms with E-state index in [1.807, 2.05) is 23.4 Å². The van der Waals surface area contributed by atoms with E-state index in [4.69, 9.17) is 9.47 Å². The summed E-state index contributed by atoms with van der Waals surface area (Å²) in [5.41, 5.74) is 2.37. The Morgan fingerprint density at radius 2 is 2.05 bits per heavy atom. The van der Waals surface area contributed by atoms with Crippen LogP contribution in [0.1, 0.15) is 5.56 Å². The third-order valence-corrected chi connectivity index (χ3v) is 3.62. The molecule has 0 atom stereocenters. The number of methoxy groups -OCH3 is 1. The van der Waals surface area contributed by atoms with Crippen LogP contribution < -0.4 is 4.90 Å². The van der Waals surface area contributed by atoms with Gasteiger partial charge in [0.05, 0.1) is 13.2 Å². The molecule has 6 nitrogen and oxygen atoms in total. The number of anilines is 1. The van der Waals surface area contributed by atoms with Crippen LogP contribution in [0.2, 0.25) is 0 Å². The van der Waals surface area contributed by atoms with Gasteiger partial charge >= 0.3 is 0 Å². The van der Waals surface area contributed by atoms with Crippen molar-refractivity contribution in [2.75, 3.05) is 58.0 Å². The van der Waals surface area contributed by atoms with E-state index in [-0.39, 0.29) is 12.5 Å². The van der Waals surface area contributed by atoms with E-state index in [2.05, 4.69) is 16.8 Å². The van der Waals surface area contributed by atoms with Crippen molar-refractivity contribution >= 4 is 11.6 Å². The van der Waals surface area contributed by atoms with E-state index in [1.165, 1.54) is 11.3 Å². The third kappa shape index (κ3) is 4.41. The molecule has 2 heterocycles. The van der Waals surface area contributed by atoms with E-state index in [0.29, 0.717) is 13.2 Å². The van der Waals surface area contributed by atoms with Crippen LogP contribution >= 0.6 is 0 Å². The van der Waals surface area contributed by atoms with Crippen LogP contribution in [0, 0.1) is 6.92 Å². The lowest BCUT2D eigenvalue weighted by molar-refractivity contribution is -0.136. The van der Waals surface area contributed by atoms with Gasteiger partial charge in [0, 0.05) is 51.4 Å². The summed E-state index contributed by atoms with van der Waals surface area (Å²) in [6, 6.07) is 2.03. The third-order valence-electron chi connectivity index (χ3n) is 3.62. The molecule has 1 saturated heterocycles. The topological polar surface area (TPSA) is 54.9 Å². The number of rotatable bonds is 6. The quantitative estimate of drug-likeness (QED) is 0.723. The lowest BCUT2D eigenvalue weighted by Crippen LogP contribution is -2.50. The maximum Gasteiger partial charge on any atom is 0.248 e. The van der Waals surface area contributed by atoms with E-state index >= 15 is 0 Å². The average Bonchev–Trinajstić information content (AvgIpc) is 2.52. The van der Waals surface area contributed by atoms with Crippen molar-refractivity contribution in [2.24, 2.45) is 0 Å². The molecule has 116 valence electrons. The van der Waals surface area contributed by atoms with Crippen molar-refractivity contribution in [3.8, 4) is 0 Å². The van der Waals surface area contributed by atoms with Gasteiger partial charge in [-0.2, -0.15) is 0 Å². The second-order valence-corrected chi connectivity index (χ2v) is 5.08. The molecule has 1 amide bonds. The lowest BCUT2D eigenvalue weighted by Gasteiger charge is -2.36. The van der Waals surface area contributed by atoms with Crippen LogP contribution in [0.3, 0.4) is 0 Å². The lowest BCUT2D eigenvalue weighted by atomic mass is 10.2. The number of hydrogen-bond donors (Lipinski definition) is 0. The molecule has 6 heteroatoms. The predicted molar refractivity (Wildman–Crippen MR) is 80.5 cm³/mol. The first-order valence-electron chi connectivity index (χ1n) is 7.22. The van der Waals surface area contributed by atoms with Crippen LogP contribution in [-0.4, -0.2) is 68.9 Å². The molecule has 1 aromatic rings. The molecule has 0 N–H and O–H groups in total. The first kappa shape index (κ1) is 15.7. The number of amides is 1. The molecule has 1 fully saturated rings. The molecule has 21 heavy (non-hydrogen) atoms. The van der Waals surface area contributed by atoms with Gasteiger partial charge in [0.15, 0.2) is 0 Å². The summed E-state index contributed by atoms with van der Waals surface area (Å²) in [5.74, 6) is 0.0530. The molecule has 0 spiro atoms. The highest BCUT2D eigenvalue weighted by atomic mass is 16.5. The molecule has 0 bridgehead atoms. The Morgan fingerprint density at radius 1 is 1.29 bits per heavy atom. The molecule has 0 unspecified atom stereocenters. The minimum atomic E-state index is 0.0530. The van der Waals surface area contributed by atoms with Crippen LogP contribution in [-0.2, 0) is 14.3 Å². The van der Waals surface area contributed by atoms with Crippen molar-refractivity contribution in [2.45, 2.75) is 6.92 Å². The Hall–Kier alpha value is -1.66. The Labute approximate surface area is 125 Å². The number of pyridine rings is 1.